The van der Waals surface area contributed by atoms with Crippen molar-refractivity contribution in [2.24, 2.45) is 5.73 Å². The molecule has 0 aromatic heterocycles. The molecule has 0 saturated heterocycles. The molecule has 1 aliphatic carbocycles. The van der Waals surface area contributed by atoms with Crippen molar-refractivity contribution >= 4 is 28.8 Å². The molecule has 0 unspecified atom stereocenters. The quantitative estimate of drug-likeness (QED) is 0.838. The minimum atomic E-state index is 0.393. The summed E-state index contributed by atoms with van der Waals surface area (Å²) in [7, 11) is 2.13. The zero-order valence-corrected chi connectivity index (χ0v) is 10.8. The van der Waals surface area contributed by atoms with Crippen molar-refractivity contribution in [2.75, 3.05) is 7.05 Å². The van der Waals surface area contributed by atoms with Gasteiger partial charge in [-0.3, -0.25) is 4.90 Å². The molecule has 2 nitrogen and oxygen atoms in total. The van der Waals surface area contributed by atoms with Crippen LogP contribution < -0.4 is 5.73 Å². The van der Waals surface area contributed by atoms with Crippen LogP contribution in [0.5, 0.6) is 0 Å². The van der Waals surface area contributed by atoms with Crippen LogP contribution in [0.1, 0.15) is 24.0 Å². The lowest BCUT2D eigenvalue weighted by Crippen LogP contribution is -2.20. The number of rotatable bonds is 4. The molecule has 1 fully saturated rings. The van der Waals surface area contributed by atoms with Crippen LogP contribution >= 0.6 is 23.8 Å². The molecule has 1 aliphatic rings. The highest BCUT2D eigenvalue weighted by atomic mass is 35.5. The molecule has 1 saturated carbocycles. The van der Waals surface area contributed by atoms with Crippen molar-refractivity contribution < 1.29 is 0 Å². The third-order valence-electron chi connectivity index (χ3n) is 2.93. The molecule has 1 aromatic carbocycles. The molecule has 0 spiro atoms. The Balaban J connectivity index is 2.12. The van der Waals surface area contributed by atoms with E-state index in [0.717, 1.165) is 28.7 Å². The Morgan fingerprint density at radius 2 is 2.25 bits per heavy atom. The lowest BCUT2D eigenvalue weighted by molar-refractivity contribution is 0.316. The van der Waals surface area contributed by atoms with E-state index in [1.54, 1.807) is 0 Å². The van der Waals surface area contributed by atoms with Gasteiger partial charge in [0.25, 0.3) is 0 Å². The van der Waals surface area contributed by atoms with Gasteiger partial charge in [-0.2, -0.15) is 0 Å². The maximum atomic E-state index is 6.20. The minimum Gasteiger partial charge on any atom is -0.389 e. The lowest BCUT2D eigenvalue weighted by Gasteiger charge is -2.16. The van der Waals surface area contributed by atoms with Crippen molar-refractivity contribution in [1.29, 1.82) is 0 Å². The van der Waals surface area contributed by atoms with Crippen molar-refractivity contribution in [3.05, 3.63) is 34.3 Å². The Morgan fingerprint density at radius 3 is 2.75 bits per heavy atom. The van der Waals surface area contributed by atoms with Gasteiger partial charge < -0.3 is 5.73 Å². The number of hydrogen-bond donors (Lipinski definition) is 1. The zero-order chi connectivity index (χ0) is 11.7. The highest BCUT2D eigenvalue weighted by Crippen LogP contribution is 2.28. The van der Waals surface area contributed by atoms with Crippen LogP contribution in [0.25, 0.3) is 0 Å². The Labute approximate surface area is 106 Å². The van der Waals surface area contributed by atoms with Crippen LogP contribution in [0.4, 0.5) is 0 Å². The average molecular weight is 255 g/mol. The van der Waals surface area contributed by atoms with E-state index in [-0.39, 0.29) is 0 Å². The predicted octanol–water partition coefficient (Wildman–Crippen LogP) is 2.57. The second-order valence-electron chi connectivity index (χ2n) is 4.32. The average Bonchev–Trinajstić information content (AvgIpc) is 3.03. The minimum absolute atomic E-state index is 0.393. The van der Waals surface area contributed by atoms with E-state index in [4.69, 9.17) is 29.6 Å². The lowest BCUT2D eigenvalue weighted by atomic mass is 10.1. The standard InChI is InChI=1S/C12H15ClN2S/c1-15(10-4-5-10)7-9-3-2-8(12(14)16)6-11(9)13/h2-3,6,10H,4-5,7H2,1H3,(H2,14,16). The number of nitrogens with zero attached hydrogens (tertiary/aromatic N) is 1. The van der Waals surface area contributed by atoms with Crippen molar-refractivity contribution in [3.8, 4) is 0 Å². The molecule has 1 aromatic rings. The van der Waals surface area contributed by atoms with Crippen molar-refractivity contribution in [2.45, 2.75) is 25.4 Å². The van der Waals surface area contributed by atoms with Gasteiger partial charge in [0.15, 0.2) is 0 Å². The number of thiocarbonyl (C=S) groups is 1. The van der Waals surface area contributed by atoms with Crippen molar-refractivity contribution in [1.82, 2.24) is 4.90 Å². The Bertz CT molecular complexity index is 415. The SMILES string of the molecule is CN(Cc1ccc(C(N)=S)cc1Cl)C1CC1. The fourth-order valence-electron chi connectivity index (χ4n) is 1.74. The fourth-order valence-corrected chi connectivity index (χ4v) is 2.11. The van der Waals surface area contributed by atoms with E-state index in [1.165, 1.54) is 12.8 Å². The third kappa shape index (κ3) is 2.73. The van der Waals surface area contributed by atoms with Gasteiger partial charge in [-0.25, -0.2) is 0 Å². The summed E-state index contributed by atoms with van der Waals surface area (Å²) in [5.41, 5.74) is 7.52. The van der Waals surface area contributed by atoms with Crippen LogP contribution in [-0.4, -0.2) is 23.0 Å². The smallest absolute Gasteiger partial charge is 0.104 e. The van der Waals surface area contributed by atoms with Crippen LogP contribution in [-0.2, 0) is 6.54 Å². The first kappa shape index (κ1) is 11.8. The summed E-state index contributed by atoms with van der Waals surface area (Å²) in [6.45, 7) is 0.890. The Hall–Kier alpha value is -0.640. The van der Waals surface area contributed by atoms with Gasteiger partial charge in [-0.15, -0.1) is 0 Å². The highest BCUT2D eigenvalue weighted by molar-refractivity contribution is 7.80. The number of halogens is 1. The first-order chi connectivity index (χ1) is 7.58. The predicted molar refractivity (Wildman–Crippen MR) is 71.8 cm³/mol. The maximum Gasteiger partial charge on any atom is 0.104 e. The zero-order valence-electron chi connectivity index (χ0n) is 9.24. The summed E-state index contributed by atoms with van der Waals surface area (Å²) in [5.74, 6) is 0. The molecule has 0 radical (unpaired) electrons. The number of nitrogens with two attached hydrogens (primary N) is 1. The largest absolute Gasteiger partial charge is 0.389 e. The molecule has 2 rings (SSSR count). The fraction of sp³-hybridized carbons (Fsp3) is 0.417. The summed E-state index contributed by atoms with van der Waals surface area (Å²) >= 11 is 11.1. The van der Waals surface area contributed by atoms with Crippen LogP contribution in [0, 0.1) is 0 Å². The molecular weight excluding hydrogens is 240 g/mol. The molecule has 86 valence electrons. The first-order valence-corrected chi connectivity index (χ1v) is 6.15. The highest BCUT2D eigenvalue weighted by Gasteiger charge is 2.26. The van der Waals surface area contributed by atoms with Gasteiger partial charge >= 0.3 is 0 Å². The molecule has 0 heterocycles. The van der Waals surface area contributed by atoms with E-state index < -0.39 is 0 Å². The summed E-state index contributed by atoms with van der Waals surface area (Å²) in [4.78, 5) is 2.73. The molecule has 0 aliphatic heterocycles. The van der Waals surface area contributed by atoms with Crippen LogP contribution in [0.15, 0.2) is 18.2 Å². The Kier molecular flexibility index (Phi) is 3.47. The number of hydrogen-bond acceptors (Lipinski definition) is 2. The molecule has 0 atom stereocenters. The van der Waals surface area contributed by atoms with Gasteiger partial charge in [0.2, 0.25) is 0 Å². The molecule has 16 heavy (non-hydrogen) atoms. The van der Waals surface area contributed by atoms with Gasteiger partial charge in [0.1, 0.15) is 4.99 Å². The molecular formula is C12H15ClN2S. The monoisotopic (exact) mass is 254 g/mol. The van der Waals surface area contributed by atoms with Crippen LogP contribution in [0.2, 0.25) is 5.02 Å². The van der Waals surface area contributed by atoms with E-state index >= 15 is 0 Å². The van der Waals surface area contributed by atoms with Crippen molar-refractivity contribution in [3.63, 3.8) is 0 Å². The molecule has 0 amide bonds. The van der Waals surface area contributed by atoms with E-state index in [9.17, 15) is 0 Å². The van der Waals surface area contributed by atoms with Crippen LogP contribution in [0.3, 0.4) is 0 Å². The summed E-state index contributed by atoms with van der Waals surface area (Å²) in [5, 5.41) is 0.748. The van der Waals surface area contributed by atoms with Gasteiger partial charge in [-0.05, 0) is 31.5 Å². The van der Waals surface area contributed by atoms with Gasteiger partial charge in [-0.1, -0.05) is 36.0 Å². The number of benzene rings is 1. The molecule has 0 bridgehead atoms. The van der Waals surface area contributed by atoms with E-state index in [2.05, 4.69) is 11.9 Å². The normalized spacial score (nSPS) is 15.4. The maximum absolute atomic E-state index is 6.20. The summed E-state index contributed by atoms with van der Waals surface area (Å²) in [6.07, 6.45) is 2.61. The molecule has 2 N–H and O–H groups in total. The van der Waals surface area contributed by atoms with E-state index in [0.29, 0.717) is 4.99 Å². The first-order valence-electron chi connectivity index (χ1n) is 5.36. The van der Waals surface area contributed by atoms with Gasteiger partial charge in [0, 0.05) is 23.2 Å². The Morgan fingerprint density at radius 1 is 1.56 bits per heavy atom. The second kappa shape index (κ2) is 4.70. The summed E-state index contributed by atoms with van der Waals surface area (Å²) < 4.78 is 0. The summed E-state index contributed by atoms with van der Waals surface area (Å²) in [6, 6.07) is 6.53. The van der Waals surface area contributed by atoms with Gasteiger partial charge in [0.05, 0.1) is 0 Å². The van der Waals surface area contributed by atoms with E-state index in [1.807, 2.05) is 18.2 Å². The third-order valence-corrected chi connectivity index (χ3v) is 3.52. The second-order valence-corrected chi connectivity index (χ2v) is 5.16. The molecule has 4 heteroatoms. The topological polar surface area (TPSA) is 29.3 Å².